The first kappa shape index (κ1) is 17.4. The van der Waals surface area contributed by atoms with Gasteiger partial charge in [-0.25, -0.2) is 0 Å². The van der Waals surface area contributed by atoms with Crippen molar-refractivity contribution in [1.82, 2.24) is 14.6 Å². The lowest BCUT2D eigenvalue weighted by Gasteiger charge is -2.46. The fourth-order valence-corrected chi connectivity index (χ4v) is 14.9. The summed E-state index contributed by atoms with van der Waals surface area (Å²) in [5, 5.41) is 0. The van der Waals surface area contributed by atoms with Crippen LogP contribution >= 0.6 is 0 Å². The first-order valence-electron chi connectivity index (χ1n) is 8.29. The maximum Gasteiger partial charge on any atom is 0.277 e. The van der Waals surface area contributed by atoms with Gasteiger partial charge in [-0.3, -0.25) is 0 Å². The molecule has 0 heterocycles. The number of rotatable bonds is 8. The van der Waals surface area contributed by atoms with Gasteiger partial charge in [0.25, 0.3) is 8.56 Å². The number of hydrogen-bond donors (Lipinski definition) is 3. The minimum atomic E-state index is -1.73. The molecular weight excluding hydrogens is 266 g/mol. The first-order chi connectivity index (χ1) is 9.12. The summed E-state index contributed by atoms with van der Waals surface area (Å²) < 4.78 is 4.25. The van der Waals surface area contributed by atoms with Crippen LogP contribution in [0.4, 0.5) is 0 Å². The van der Waals surface area contributed by atoms with Crippen LogP contribution in [-0.4, -0.2) is 30.9 Å². The molecule has 0 aromatic carbocycles. The van der Waals surface area contributed by atoms with Crippen molar-refractivity contribution in [2.24, 2.45) is 0 Å². The topological polar surface area (TPSA) is 36.1 Å². The Kier molecular flexibility index (Phi) is 7.25. The molecule has 3 nitrogen and oxygen atoms in total. The third kappa shape index (κ3) is 3.91. The Hall–Kier alpha value is 0.314. The van der Waals surface area contributed by atoms with Crippen molar-refractivity contribution in [3.63, 3.8) is 0 Å². The Labute approximate surface area is 122 Å². The number of nitrogens with one attached hydrogen (secondary N) is 3. The second-order valence-electron chi connectivity index (χ2n) is 6.11. The highest BCUT2D eigenvalue weighted by molar-refractivity contribution is 6.91. The summed E-state index contributed by atoms with van der Waals surface area (Å²) in [6.45, 7) is 7.16. The molecule has 0 unspecified atom stereocenters. The molecule has 0 aromatic heterocycles. The first-order valence-corrected chi connectivity index (χ1v) is 13.0. The van der Waals surface area contributed by atoms with E-state index in [0.29, 0.717) is 0 Å². The van der Waals surface area contributed by atoms with Crippen molar-refractivity contribution >= 4 is 16.8 Å². The molecule has 114 valence electrons. The largest absolute Gasteiger partial charge is 0.334 e. The van der Waals surface area contributed by atoms with Gasteiger partial charge in [-0.1, -0.05) is 40.0 Å². The van der Waals surface area contributed by atoms with E-state index in [9.17, 15) is 0 Å². The molecule has 0 aromatic rings. The van der Waals surface area contributed by atoms with E-state index in [2.05, 4.69) is 49.5 Å². The van der Waals surface area contributed by atoms with Crippen molar-refractivity contribution in [3.05, 3.63) is 0 Å². The molecule has 1 aliphatic carbocycles. The molecule has 1 fully saturated rings. The van der Waals surface area contributed by atoms with E-state index in [0.717, 1.165) is 5.54 Å². The SMILES string of the molecule is CC[Si](CC)(CC)N[Si](NC)(NC)C1CCCCC1. The lowest BCUT2D eigenvalue weighted by atomic mass is 10.0. The average molecular weight is 302 g/mol. The quantitative estimate of drug-likeness (QED) is 0.602. The zero-order valence-electron chi connectivity index (χ0n) is 13.7. The van der Waals surface area contributed by atoms with Gasteiger partial charge in [0.05, 0.1) is 0 Å². The van der Waals surface area contributed by atoms with E-state index in [1.807, 2.05) is 0 Å². The van der Waals surface area contributed by atoms with Gasteiger partial charge < -0.3 is 14.6 Å². The van der Waals surface area contributed by atoms with Gasteiger partial charge in [0.1, 0.15) is 8.24 Å². The van der Waals surface area contributed by atoms with Crippen LogP contribution in [0, 0.1) is 0 Å². The minimum absolute atomic E-state index is 0.854. The Morgan fingerprint density at radius 3 is 1.68 bits per heavy atom. The molecule has 5 heteroatoms. The Morgan fingerprint density at radius 2 is 1.32 bits per heavy atom. The predicted octanol–water partition coefficient (Wildman–Crippen LogP) is 3.29. The standard InChI is InChI=1S/C14H35N3Si2/c1-6-18(7-2,8-3)17-19(15-4,16-5)14-12-10-9-11-13-14/h14-17H,6-13H2,1-5H3. The third-order valence-electron chi connectivity index (χ3n) is 5.50. The van der Waals surface area contributed by atoms with Crippen LogP contribution < -0.4 is 14.6 Å². The van der Waals surface area contributed by atoms with Crippen LogP contribution in [-0.2, 0) is 0 Å². The minimum Gasteiger partial charge on any atom is -0.334 e. The fraction of sp³-hybridized carbons (Fsp3) is 1.00. The Balaban J connectivity index is 2.90. The predicted molar refractivity (Wildman–Crippen MR) is 91.0 cm³/mol. The molecule has 0 aliphatic heterocycles. The van der Waals surface area contributed by atoms with E-state index in [1.165, 1.54) is 50.2 Å². The lowest BCUT2D eigenvalue weighted by Crippen LogP contribution is -2.79. The molecule has 0 radical (unpaired) electrons. The molecule has 0 atom stereocenters. The zero-order valence-corrected chi connectivity index (χ0v) is 15.7. The van der Waals surface area contributed by atoms with Crippen molar-refractivity contribution in [3.8, 4) is 0 Å². The lowest BCUT2D eigenvalue weighted by molar-refractivity contribution is 0.478. The van der Waals surface area contributed by atoms with Gasteiger partial charge >= 0.3 is 0 Å². The van der Waals surface area contributed by atoms with Crippen LogP contribution in [0.5, 0.6) is 0 Å². The zero-order chi connectivity index (χ0) is 14.4. The molecule has 1 saturated carbocycles. The highest BCUT2D eigenvalue weighted by Gasteiger charge is 2.45. The second-order valence-corrected chi connectivity index (χ2v) is 15.2. The molecule has 1 rings (SSSR count). The van der Waals surface area contributed by atoms with Crippen LogP contribution in [0.15, 0.2) is 0 Å². The molecule has 1 aliphatic rings. The summed E-state index contributed by atoms with van der Waals surface area (Å²) in [4.78, 5) is 7.49. The van der Waals surface area contributed by atoms with Gasteiger partial charge in [0.15, 0.2) is 0 Å². The molecule has 0 saturated heterocycles. The summed E-state index contributed by atoms with van der Waals surface area (Å²) in [6.07, 6.45) is 7.09. The van der Waals surface area contributed by atoms with Gasteiger partial charge in [-0.2, -0.15) is 0 Å². The summed E-state index contributed by atoms with van der Waals surface area (Å²) in [7, 11) is 1.32. The summed E-state index contributed by atoms with van der Waals surface area (Å²) in [6, 6.07) is 4.06. The maximum atomic E-state index is 4.25. The van der Waals surface area contributed by atoms with Crippen LogP contribution in [0.2, 0.25) is 23.7 Å². The summed E-state index contributed by atoms with van der Waals surface area (Å²) >= 11 is 0. The molecular formula is C14H35N3Si2. The molecule has 3 N–H and O–H groups in total. The Morgan fingerprint density at radius 1 is 0.842 bits per heavy atom. The number of hydrogen-bond acceptors (Lipinski definition) is 3. The molecule has 0 bridgehead atoms. The van der Waals surface area contributed by atoms with Crippen molar-refractivity contribution in [2.45, 2.75) is 76.5 Å². The molecule has 0 amide bonds. The Bertz CT molecular complexity index is 239. The normalized spacial score (nSPS) is 18.8. The van der Waals surface area contributed by atoms with E-state index >= 15 is 0 Å². The van der Waals surface area contributed by atoms with E-state index in [4.69, 9.17) is 0 Å². The smallest absolute Gasteiger partial charge is 0.277 e. The van der Waals surface area contributed by atoms with Gasteiger partial charge in [-0.05, 0) is 50.6 Å². The van der Waals surface area contributed by atoms with Gasteiger partial charge in [-0.15, -0.1) is 0 Å². The third-order valence-corrected chi connectivity index (χ3v) is 16.6. The summed E-state index contributed by atoms with van der Waals surface area (Å²) in [5.74, 6) is 0. The van der Waals surface area contributed by atoms with Crippen molar-refractivity contribution in [2.75, 3.05) is 14.1 Å². The van der Waals surface area contributed by atoms with Gasteiger partial charge in [0.2, 0.25) is 0 Å². The van der Waals surface area contributed by atoms with E-state index in [1.54, 1.807) is 0 Å². The van der Waals surface area contributed by atoms with E-state index < -0.39 is 16.8 Å². The van der Waals surface area contributed by atoms with Gasteiger partial charge in [0, 0.05) is 0 Å². The monoisotopic (exact) mass is 301 g/mol. The average Bonchev–Trinajstić information content (AvgIpc) is 2.51. The highest BCUT2D eigenvalue weighted by Crippen LogP contribution is 2.34. The maximum absolute atomic E-state index is 4.25. The van der Waals surface area contributed by atoms with Crippen molar-refractivity contribution in [1.29, 1.82) is 0 Å². The van der Waals surface area contributed by atoms with Crippen molar-refractivity contribution < 1.29 is 0 Å². The molecule has 19 heavy (non-hydrogen) atoms. The fourth-order valence-electron chi connectivity index (χ4n) is 3.73. The van der Waals surface area contributed by atoms with Crippen LogP contribution in [0.3, 0.4) is 0 Å². The second kappa shape index (κ2) is 7.93. The van der Waals surface area contributed by atoms with Crippen LogP contribution in [0.1, 0.15) is 52.9 Å². The van der Waals surface area contributed by atoms with Crippen LogP contribution in [0.25, 0.3) is 0 Å². The van der Waals surface area contributed by atoms with E-state index in [-0.39, 0.29) is 0 Å². The molecule has 0 spiro atoms. The summed E-state index contributed by atoms with van der Waals surface area (Å²) in [5.41, 5.74) is 0.854. The highest BCUT2D eigenvalue weighted by atomic mass is 28.4.